The van der Waals surface area contributed by atoms with Gasteiger partial charge in [0.2, 0.25) is 5.91 Å². The SMILES string of the molecule is CCCCCCCCC/C=C\CCCCCCCC(=O)NCCOP(=O)(O)OCC(O)COC(=O)CCCCCCCCCCC. The largest absolute Gasteiger partial charge is 0.472 e. The van der Waals surface area contributed by atoms with E-state index in [4.69, 9.17) is 13.8 Å². The Balaban J connectivity index is 3.62. The summed E-state index contributed by atoms with van der Waals surface area (Å²) in [5.74, 6) is -0.525. The molecule has 0 heterocycles. The molecule has 0 aliphatic carbocycles. The maximum absolute atomic E-state index is 12.0. The Kier molecular flexibility index (Phi) is 32.7. The Labute approximate surface area is 281 Å². The van der Waals surface area contributed by atoms with Crippen LogP contribution in [0.25, 0.3) is 0 Å². The molecule has 2 unspecified atom stereocenters. The van der Waals surface area contributed by atoms with Gasteiger partial charge in [0.15, 0.2) is 0 Å². The van der Waals surface area contributed by atoms with Crippen LogP contribution in [-0.4, -0.2) is 54.3 Å². The van der Waals surface area contributed by atoms with Crippen LogP contribution < -0.4 is 5.32 Å². The smallest absolute Gasteiger partial charge is 0.463 e. The summed E-state index contributed by atoms with van der Waals surface area (Å²) < 4.78 is 26.7. The molecule has 0 aromatic heterocycles. The molecule has 0 aliphatic rings. The number of aliphatic hydroxyl groups excluding tert-OH is 1. The predicted octanol–water partition coefficient (Wildman–Crippen LogP) is 9.49. The number of rotatable bonds is 35. The van der Waals surface area contributed by atoms with Crippen LogP contribution in [0.5, 0.6) is 0 Å². The van der Waals surface area contributed by atoms with Crippen LogP contribution in [0.3, 0.4) is 0 Å². The van der Waals surface area contributed by atoms with Crippen molar-refractivity contribution in [3.05, 3.63) is 12.2 Å². The number of hydrogen-bond donors (Lipinski definition) is 3. The number of unbranched alkanes of at least 4 members (excludes halogenated alkanes) is 20. The van der Waals surface area contributed by atoms with Crippen molar-refractivity contribution in [2.45, 2.75) is 180 Å². The molecule has 3 N–H and O–H groups in total. The van der Waals surface area contributed by atoms with Gasteiger partial charge in [0.1, 0.15) is 12.7 Å². The minimum absolute atomic E-state index is 0.0803. The lowest BCUT2D eigenvalue weighted by molar-refractivity contribution is -0.147. The highest BCUT2D eigenvalue weighted by Crippen LogP contribution is 2.42. The molecular formula is C36H70NO8P. The maximum atomic E-state index is 12.0. The fraction of sp³-hybridized carbons (Fsp3) is 0.889. The van der Waals surface area contributed by atoms with Gasteiger partial charge in [-0.3, -0.25) is 18.6 Å². The van der Waals surface area contributed by atoms with Gasteiger partial charge < -0.3 is 20.1 Å². The lowest BCUT2D eigenvalue weighted by Crippen LogP contribution is -2.27. The molecule has 46 heavy (non-hydrogen) atoms. The molecule has 0 rings (SSSR count). The zero-order valence-electron chi connectivity index (χ0n) is 29.5. The van der Waals surface area contributed by atoms with Crippen molar-refractivity contribution in [2.24, 2.45) is 0 Å². The second-order valence-corrected chi connectivity index (χ2v) is 14.0. The average molecular weight is 676 g/mol. The third-order valence-electron chi connectivity index (χ3n) is 7.95. The zero-order chi connectivity index (χ0) is 34.0. The highest BCUT2D eigenvalue weighted by molar-refractivity contribution is 7.47. The number of carbonyl (C=O) groups is 2. The molecule has 0 aliphatic heterocycles. The van der Waals surface area contributed by atoms with Gasteiger partial charge >= 0.3 is 13.8 Å². The summed E-state index contributed by atoms with van der Waals surface area (Å²) >= 11 is 0. The molecule has 10 heteroatoms. The number of aliphatic hydroxyl groups is 1. The van der Waals surface area contributed by atoms with Crippen molar-refractivity contribution < 1.29 is 37.9 Å². The van der Waals surface area contributed by atoms with Gasteiger partial charge in [0.25, 0.3) is 0 Å². The highest BCUT2D eigenvalue weighted by atomic mass is 31.2. The van der Waals surface area contributed by atoms with E-state index >= 15 is 0 Å². The van der Waals surface area contributed by atoms with Crippen molar-refractivity contribution in [3.63, 3.8) is 0 Å². The predicted molar refractivity (Wildman–Crippen MR) is 188 cm³/mol. The van der Waals surface area contributed by atoms with Crippen molar-refractivity contribution in [1.82, 2.24) is 5.32 Å². The van der Waals surface area contributed by atoms with Gasteiger partial charge in [0.05, 0.1) is 13.2 Å². The van der Waals surface area contributed by atoms with Crippen LogP contribution >= 0.6 is 7.82 Å². The second kappa shape index (κ2) is 33.6. The molecule has 272 valence electrons. The average Bonchev–Trinajstić information content (AvgIpc) is 3.04. The van der Waals surface area contributed by atoms with E-state index in [2.05, 4.69) is 31.3 Å². The normalized spacial score (nSPS) is 13.6. The Bertz CT molecular complexity index is 779. The van der Waals surface area contributed by atoms with Gasteiger partial charge in [-0.2, -0.15) is 0 Å². The standard InChI is InChI=1S/C36H70NO8P/c1-3-5-7-9-11-13-14-15-16-17-18-19-21-22-24-26-28-35(39)37-30-31-44-46(41,42)45-33-34(38)32-43-36(40)29-27-25-23-20-12-10-8-6-4-2/h16-17,34,38H,3-15,18-33H2,1-2H3,(H,37,39)(H,41,42)/b17-16-. The minimum atomic E-state index is -4.40. The number of allylic oxidation sites excluding steroid dienone is 2. The van der Waals surface area contributed by atoms with Crippen LogP contribution in [-0.2, 0) is 27.9 Å². The lowest BCUT2D eigenvalue weighted by atomic mass is 10.1. The van der Waals surface area contributed by atoms with Crippen molar-refractivity contribution in [1.29, 1.82) is 0 Å². The van der Waals surface area contributed by atoms with E-state index in [1.54, 1.807) is 0 Å². The third-order valence-corrected chi connectivity index (χ3v) is 8.93. The maximum Gasteiger partial charge on any atom is 0.472 e. The summed E-state index contributed by atoms with van der Waals surface area (Å²) in [6.07, 6.45) is 31.5. The molecule has 0 aromatic carbocycles. The van der Waals surface area contributed by atoms with Crippen LogP contribution in [0.2, 0.25) is 0 Å². The monoisotopic (exact) mass is 675 g/mol. The molecule has 0 bridgehead atoms. The van der Waals surface area contributed by atoms with E-state index in [0.29, 0.717) is 6.42 Å². The zero-order valence-corrected chi connectivity index (χ0v) is 30.4. The number of ether oxygens (including phenoxy) is 1. The molecule has 0 fully saturated rings. The van der Waals surface area contributed by atoms with Crippen LogP contribution in [0.15, 0.2) is 12.2 Å². The van der Waals surface area contributed by atoms with Gasteiger partial charge in [-0.05, 0) is 38.5 Å². The fourth-order valence-corrected chi connectivity index (χ4v) is 5.84. The first-order valence-corrected chi connectivity index (χ1v) is 20.2. The number of hydrogen-bond acceptors (Lipinski definition) is 7. The molecule has 1 amide bonds. The molecule has 0 aromatic rings. The Morgan fingerprint density at radius 1 is 0.652 bits per heavy atom. The molecule has 0 spiro atoms. The van der Waals surface area contributed by atoms with Crippen molar-refractivity contribution in [3.8, 4) is 0 Å². The summed E-state index contributed by atoms with van der Waals surface area (Å²) in [6, 6.07) is 0. The molecular weight excluding hydrogens is 605 g/mol. The summed E-state index contributed by atoms with van der Waals surface area (Å²) in [4.78, 5) is 33.6. The number of carbonyl (C=O) groups excluding carboxylic acids is 2. The van der Waals surface area contributed by atoms with Gasteiger partial charge in [-0.1, -0.05) is 135 Å². The summed E-state index contributed by atoms with van der Waals surface area (Å²) in [5.41, 5.74) is 0. The quantitative estimate of drug-likeness (QED) is 0.0262. The van der Waals surface area contributed by atoms with E-state index in [-0.39, 0.29) is 32.1 Å². The number of phosphoric ester groups is 1. The minimum Gasteiger partial charge on any atom is -0.463 e. The molecule has 9 nitrogen and oxygen atoms in total. The fourth-order valence-electron chi connectivity index (χ4n) is 5.08. The number of nitrogens with one attached hydrogen (secondary N) is 1. The molecule has 2 atom stereocenters. The highest BCUT2D eigenvalue weighted by Gasteiger charge is 2.23. The Morgan fingerprint density at radius 3 is 1.63 bits per heavy atom. The van der Waals surface area contributed by atoms with Crippen molar-refractivity contribution in [2.75, 3.05) is 26.4 Å². The van der Waals surface area contributed by atoms with Crippen LogP contribution in [0.1, 0.15) is 174 Å². The summed E-state index contributed by atoms with van der Waals surface area (Å²) in [7, 11) is -4.40. The topological polar surface area (TPSA) is 131 Å². The molecule has 0 saturated heterocycles. The van der Waals surface area contributed by atoms with E-state index < -0.39 is 26.5 Å². The Hall–Kier alpha value is -1.25. The van der Waals surface area contributed by atoms with Gasteiger partial charge in [0, 0.05) is 19.4 Å². The van der Waals surface area contributed by atoms with E-state index in [1.165, 1.54) is 103 Å². The summed E-state index contributed by atoms with van der Waals surface area (Å²) in [5, 5.41) is 12.6. The van der Waals surface area contributed by atoms with Crippen molar-refractivity contribution >= 4 is 19.7 Å². The number of phosphoric acid groups is 1. The lowest BCUT2D eigenvalue weighted by Gasteiger charge is -2.15. The molecule has 0 radical (unpaired) electrons. The van der Waals surface area contributed by atoms with E-state index in [1.807, 2.05) is 0 Å². The van der Waals surface area contributed by atoms with E-state index in [0.717, 1.165) is 44.9 Å². The summed E-state index contributed by atoms with van der Waals surface area (Å²) in [6.45, 7) is 3.51. The molecule has 0 saturated carbocycles. The van der Waals surface area contributed by atoms with Gasteiger partial charge in [-0.25, -0.2) is 4.57 Å². The van der Waals surface area contributed by atoms with Crippen LogP contribution in [0.4, 0.5) is 0 Å². The number of amides is 1. The first-order chi connectivity index (χ1) is 22.3. The first-order valence-electron chi connectivity index (χ1n) is 18.7. The third kappa shape index (κ3) is 34.1. The van der Waals surface area contributed by atoms with Gasteiger partial charge in [-0.15, -0.1) is 0 Å². The first kappa shape index (κ1) is 44.8. The number of esters is 1. The van der Waals surface area contributed by atoms with Crippen LogP contribution in [0, 0.1) is 0 Å². The Morgan fingerprint density at radius 2 is 1.11 bits per heavy atom. The van der Waals surface area contributed by atoms with E-state index in [9.17, 15) is 24.2 Å². The second-order valence-electron chi connectivity index (χ2n) is 12.6.